The van der Waals surface area contributed by atoms with E-state index in [9.17, 15) is 4.79 Å². The molecule has 3 heteroatoms. The SMILES string of the molecule is COC(=O)C(NC1CC1)c1cccc(C)c1. The lowest BCUT2D eigenvalue weighted by molar-refractivity contribution is -0.143. The van der Waals surface area contributed by atoms with Crippen molar-refractivity contribution in [1.29, 1.82) is 0 Å². The molecule has 1 saturated carbocycles. The van der Waals surface area contributed by atoms with Gasteiger partial charge in [0, 0.05) is 6.04 Å². The van der Waals surface area contributed by atoms with Gasteiger partial charge in [-0.25, -0.2) is 4.79 Å². The summed E-state index contributed by atoms with van der Waals surface area (Å²) in [6, 6.07) is 8.13. The van der Waals surface area contributed by atoms with Crippen molar-refractivity contribution >= 4 is 5.97 Å². The zero-order valence-electron chi connectivity index (χ0n) is 9.69. The Bertz CT molecular complexity index is 385. The molecule has 16 heavy (non-hydrogen) atoms. The lowest BCUT2D eigenvalue weighted by atomic mass is 10.0. The summed E-state index contributed by atoms with van der Waals surface area (Å²) < 4.78 is 4.83. The Labute approximate surface area is 95.8 Å². The summed E-state index contributed by atoms with van der Waals surface area (Å²) in [4.78, 5) is 11.7. The van der Waals surface area contributed by atoms with Gasteiger partial charge in [0.05, 0.1) is 7.11 Å². The van der Waals surface area contributed by atoms with Crippen LogP contribution in [0.15, 0.2) is 24.3 Å². The minimum Gasteiger partial charge on any atom is -0.468 e. The van der Waals surface area contributed by atoms with Gasteiger partial charge in [0.1, 0.15) is 6.04 Å². The minimum absolute atomic E-state index is 0.211. The molecule has 2 rings (SSSR count). The van der Waals surface area contributed by atoms with E-state index in [2.05, 4.69) is 5.32 Å². The molecule has 1 aromatic rings. The molecule has 86 valence electrons. The van der Waals surface area contributed by atoms with Crippen LogP contribution in [0.4, 0.5) is 0 Å². The van der Waals surface area contributed by atoms with Crippen molar-refractivity contribution in [3.05, 3.63) is 35.4 Å². The van der Waals surface area contributed by atoms with Crippen molar-refractivity contribution in [2.45, 2.75) is 31.8 Å². The maximum Gasteiger partial charge on any atom is 0.327 e. The second-order valence-electron chi connectivity index (χ2n) is 4.31. The van der Waals surface area contributed by atoms with E-state index in [4.69, 9.17) is 4.74 Å². The normalized spacial score (nSPS) is 16.9. The number of benzene rings is 1. The number of carbonyl (C=O) groups excluding carboxylic acids is 1. The maximum atomic E-state index is 11.7. The molecular formula is C13H17NO2. The van der Waals surface area contributed by atoms with E-state index in [-0.39, 0.29) is 12.0 Å². The first-order valence-corrected chi connectivity index (χ1v) is 5.61. The van der Waals surface area contributed by atoms with Crippen LogP contribution in [0.5, 0.6) is 0 Å². The summed E-state index contributed by atoms with van der Waals surface area (Å²) in [5, 5.41) is 3.31. The molecule has 1 fully saturated rings. The van der Waals surface area contributed by atoms with Gasteiger partial charge in [0.15, 0.2) is 0 Å². The highest BCUT2D eigenvalue weighted by Gasteiger charge is 2.29. The quantitative estimate of drug-likeness (QED) is 0.787. The van der Waals surface area contributed by atoms with Crippen molar-refractivity contribution in [2.75, 3.05) is 7.11 Å². The van der Waals surface area contributed by atoms with E-state index in [1.165, 1.54) is 7.11 Å². The molecule has 3 nitrogen and oxygen atoms in total. The molecule has 0 saturated heterocycles. The molecule has 0 heterocycles. The topological polar surface area (TPSA) is 38.3 Å². The highest BCUT2D eigenvalue weighted by molar-refractivity contribution is 5.77. The van der Waals surface area contributed by atoms with Crippen LogP contribution in [0.3, 0.4) is 0 Å². The van der Waals surface area contributed by atoms with Gasteiger partial charge in [-0.05, 0) is 25.3 Å². The first-order chi connectivity index (χ1) is 7.70. The van der Waals surface area contributed by atoms with Crippen LogP contribution in [0.2, 0.25) is 0 Å². The smallest absolute Gasteiger partial charge is 0.327 e. The number of nitrogens with one attached hydrogen (secondary N) is 1. The third kappa shape index (κ3) is 2.61. The van der Waals surface area contributed by atoms with Crippen LogP contribution in [0, 0.1) is 6.92 Å². The van der Waals surface area contributed by atoms with Crippen LogP contribution >= 0.6 is 0 Å². The zero-order chi connectivity index (χ0) is 11.5. The van der Waals surface area contributed by atoms with Crippen LogP contribution in [0.1, 0.15) is 30.0 Å². The van der Waals surface area contributed by atoms with Gasteiger partial charge in [-0.2, -0.15) is 0 Å². The van der Waals surface area contributed by atoms with Crippen molar-refractivity contribution in [3.8, 4) is 0 Å². The monoisotopic (exact) mass is 219 g/mol. The number of methoxy groups -OCH3 is 1. The van der Waals surface area contributed by atoms with Crippen molar-refractivity contribution in [1.82, 2.24) is 5.32 Å². The largest absolute Gasteiger partial charge is 0.468 e. The van der Waals surface area contributed by atoms with Gasteiger partial charge in [-0.1, -0.05) is 29.8 Å². The lowest BCUT2D eigenvalue weighted by Crippen LogP contribution is -2.31. The Morgan fingerprint density at radius 3 is 2.81 bits per heavy atom. The van der Waals surface area contributed by atoms with E-state index in [0.29, 0.717) is 6.04 Å². The fourth-order valence-electron chi connectivity index (χ4n) is 1.75. The number of hydrogen-bond acceptors (Lipinski definition) is 3. The van der Waals surface area contributed by atoms with Crippen LogP contribution < -0.4 is 5.32 Å². The molecular weight excluding hydrogens is 202 g/mol. The van der Waals surface area contributed by atoms with Crippen LogP contribution in [-0.2, 0) is 9.53 Å². The number of esters is 1. The molecule has 0 radical (unpaired) electrons. The Morgan fingerprint density at radius 1 is 1.50 bits per heavy atom. The third-order valence-corrected chi connectivity index (χ3v) is 2.79. The fourth-order valence-corrected chi connectivity index (χ4v) is 1.75. The van der Waals surface area contributed by atoms with E-state index in [1.54, 1.807) is 0 Å². The summed E-state index contributed by atoms with van der Waals surface area (Å²) in [6.07, 6.45) is 2.30. The molecule has 1 N–H and O–H groups in total. The van der Waals surface area contributed by atoms with E-state index < -0.39 is 0 Å². The summed E-state index contributed by atoms with van der Waals surface area (Å²) in [5.41, 5.74) is 2.14. The lowest BCUT2D eigenvalue weighted by Gasteiger charge is -2.16. The number of rotatable bonds is 4. The average molecular weight is 219 g/mol. The molecule has 0 spiro atoms. The van der Waals surface area contributed by atoms with Crippen LogP contribution in [0.25, 0.3) is 0 Å². The molecule has 0 amide bonds. The average Bonchev–Trinajstić information content (AvgIpc) is 3.08. The number of hydrogen-bond donors (Lipinski definition) is 1. The Hall–Kier alpha value is -1.35. The standard InChI is InChI=1S/C13H17NO2/c1-9-4-3-5-10(8-9)12(13(15)16-2)14-11-6-7-11/h3-5,8,11-12,14H,6-7H2,1-2H3. The molecule has 1 atom stereocenters. The van der Waals surface area contributed by atoms with Gasteiger partial charge in [0.2, 0.25) is 0 Å². The number of ether oxygens (including phenoxy) is 1. The Kier molecular flexibility index (Phi) is 3.25. The van der Waals surface area contributed by atoms with Gasteiger partial charge in [-0.15, -0.1) is 0 Å². The van der Waals surface area contributed by atoms with E-state index >= 15 is 0 Å². The second kappa shape index (κ2) is 4.66. The van der Waals surface area contributed by atoms with Crippen molar-refractivity contribution in [3.63, 3.8) is 0 Å². The summed E-state index contributed by atoms with van der Waals surface area (Å²) in [5.74, 6) is -0.211. The molecule has 0 aliphatic heterocycles. The first-order valence-electron chi connectivity index (χ1n) is 5.61. The third-order valence-electron chi connectivity index (χ3n) is 2.79. The maximum absolute atomic E-state index is 11.7. The van der Waals surface area contributed by atoms with Gasteiger partial charge >= 0.3 is 5.97 Å². The predicted molar refractivity (Wildman–Crippen MR) is 62.1 cm³/mol. The van der Waals surface area contributed by atoms with E-state index in [1.807, 2.05) is 31.2 Å². The van der Waals surface area contributed by atoms with Crippen molar-refractivity contribution < 1.29 is 9.53 Å². The Morgan fingerprint density at radius 2 is 2.25 bits per heavy atom. The zero-order valence-corrected chi connectivity index (χ0v) is 9.69. The molecule has 1 aliphatic carbocycles. The molecule has 1 unspecified atom stereocenters. The number of carbonyl (C=O) groups is 1. The minimum atomic E-state index is -0.322. The molecule has 0 bridgehead atoms. The molecule has 1 aliphatic rings. The Balaban J connectivity index is 2.19. The second-order valence-corrected chi connectivity index (χ2v) is 4.31. The summed E-state index contributed by atoms with van der Waals surface area (Å²) in [6.45, 7) is 2.02. The first kappa shape index (κ1) is 11.1. The van der Waals surface area contributed by atoms with Gasteiger partial charge in [0.25, 0.3) is 0 Å². The van der Waals surface area contributed by atoms with Crippen molar-refractivity contribution in [2.24, 2.45) is 0 Å². The highest BCUT2D eigenvalue weighted by Crippen LogP contribution is 2.25. The summed E-state index contributed by atoms with van der Waals surface area (Å²) in [7, 11) is 1.43. The van der Waals surface area contributed by atoms with Gasteiger partial charge < -0.3 is 4.74 Å². The van der Waals surface area contributed by atoms with Gasteiger partial charge in [-0.3, -0.25) is 5.32 Å². The number of aryl methyl sites for hydroxylation is 1. The van der Waals surface area contributed by atoms with Crippen LogP contribution in [-0.4, -0.2) is 19.1 Å². The highest BCUT2D eigenvalue weighted by atomic mass is 16.5. The predicted octanol–water partition coefficient (Wildman–Crippen LogP) is 1.96. The molecule has 0 aromatic heterocycles. The van der Waals surface area contributed by atoms with E-state index in [0.717, 1.165) is 24.0 Å². The summed E-state index contributed by atoms with van der Waals surface area (Å²) >= 11 is 0. The fraction of sp³-hybridized carbons (Fsp3) is 0.462. The molecule has 1 aromatic carbocycles.